The van der Waals surface area contributed by atoms with E-state index >= 15 is 0 Å². The maximum absolute atomic E-state index is 5.78. The molecule has 0 spiro atoms. The van der Waals surface area contributed by atoms with Gasteiger partial charge in [0.1, 0.15) is 12.4 Å². The van der Waals surface area contributed by atoms with Crippen molar-refractivity contribution >= 4 is 11.6 Å². The Kier molecular flexibility index (Phi) is 5.29. The standard InChI is InChI=1S/C14H21ClO2/c1-11(14(2,3)4)16-9-10-17-13-7-5-12(15)6-8-13/h5-8,11H,9-10H2,1-4H3. The van der Waals surface area contributed by atoms with Gasteiger partial charge in [0.2, 0.25) is 0 Å². The normalized spacial score (nSPS) is 13.5. The minimum atomic E-state index is 0.167. The topological polar surface area (TPSA) is 18.5 Å². The Morgan fingerprint density at radius 2 is 1.71 bits per heavy atom. The lowest BCUT2D eigenvalue weighted by atomic mass is 9.90. The van der Waals surface area contributed by atoms with Gasteiger partial charge in [-0.3, -0.25) is 0 Å². The van der Waals surface area contributed by atoms with Crippen LogP contribution in [-0.2, 0) is 4.74 Å². The molecule has 0 aliphatic heterocycles. The summed E-state index contributed by atoms with van der Waals surface area (Å²) in [5, 5.41) is 0.718. The summed E-state index contributed by atoms with van der Waals surface area (Å²) >= 11 is 5.78. The first-order valence-electron chi connectivity index (χ1n) is 5.89. The average Bonchev–Trinajstić information content (AvgIpc) is 2.25. The molecule has 0 fully saturated rings. The number of benzene rings is 1. The van der Waals surface area contributed by atoms with Crippen LogP contribution in [0.5, 0.6) is 5.75 Å². The molecule has 1 atom stereocenters. The second-order valence-corrected chi connectivity index (χ2v) is 5.62. The molecule has 0 aliphatic rings. The van der Waals surface area contributed by atoms with E-state index in [0.717, 1.165) is 10.8 Å². The van der Waals surface area contributed by atoms with Gasteiger partial charge in [0, 0.05) is 5.02 Å². The van der Waals surface area contributed by atoms with E-state index in [0.29, 0.717) is 13.2 Å². The summed E-state index contributed by atoms with van der Waals surface area (Å²) in [6.07, 6.45) is 0.219. The van der Waals surface area contributed by atoms with Gasteiger partial charge in [-0.1, -0.05) is 32.4 Å². The summed E-state index contributed by atoms with van der Waals surface area (Å²) in [6.45, 7) is 9.73. The van der Waals surface area contributed by atoms with E-state index < -0.39 is 0 Å². The van der Waals surface area contributed by atoms with Gasteiger partial charge in [0.15, 0.2) is 0 Å². The van der Waals surface area contributed by atoms with E-state index in [1.807, 2.05) is 24.3 Å². The van der Waals surface area contributed by atoms with E-state index in [4.69, 9.17) is 21.1 Å². The van der Waals surface area contributed by atoms with Crippen molar-refractivity contribution in [3.05, 3.63) is 29.3 Å². The Morgan fingerprint density at radius 3 is 2.24 bits per heavy atom. The summed E-state index contributed by atoms with van der Waals surface area (Å²) in [7, 11) is 0. The Bertz CT molecular complexity index is 327. The molecule has 0 N–H and O–H groups in total. The van der Waals surface area contributed by atoms with Gasteiger partial charge in [0.05, 0.1) is 12.7 Å². The number of rotatable bonds is 5. The Balaban J connectivity index is 2.23. The molecule has 17 heavy (non-hydrogen) atoms. The molecule has 1 rings (SSSR count). The van der Waals surface area contributed by atoms with Crippen molar-refractivity contribution < 1.29 is 9.47 Å². The van der Waals surface area contributed by atoms with Crippen molar-refractivity contribution in [1.29, 1.82) is 0 Å². The number of hydrogen-bond donors (Lipinski definition) is 0. The predicted molar refractivity (Wildman–Crippen MR) is 71.8 cm³/mol. The number of halogens is 1. The van der Waals surface area contributed by atoms with Gasteiger partial charge in [0.25, 0.3) is 0 Å². The fourth-order valence-electron chi connectivity index (χ4n) is 1.17. The summed E-state index contributed by atoms with van der Waals surface area (Å²) in [6, 6.07) is 7.34. The molecule has 0 bridgehead atoms. The fourth-order valence-corrected chi connectivity index (χ4v) is 1.29. The van der Waals surface area contributed by atoms with E-state index in [2.05, 4.69) is 27.7 Å². The molecule has 0 aliphatic carbocycles. The maximum Gasteiger partial charge on any atom is 0.119 e. The molecule has 0 saturated carbocycles. The SMILES string of the molecule is CC(OCCOc1ccc(Cl)cc1)C(C)(C)C. The van der Waals surface area contributed by atoms with Crippen LogP contribution in [0, 0.1) is 5.41 Å². The maximum atomic E-state index is 5.78. The average molecular weight is 257 g/mol. The number of ether oxygens (including phenoxy) is 2. The molecule has 96 valence electrons. The highest BCUT2D eigenvalue weighted by Gasteiger charge is 2.20. The molecule has 0 amide bonds. The van der Waals surface area contributed by atoms with Crippen LogP contribution in [-0.4, -0.2) is 19.3 Å². The van der Waals surface area contributed by atoms with Gasteiger partial charge in [-0.2, -0.15) is 0 Å². The second-order valence-electron chi connectivity index (χ2n) is 5.18. The van der Waals surface area contributed by atoms with Gasteiger partial charge >= 0.3 is 0 Å². The monoisotopic (exact) mass is 256 g/mol. The van der Waals surface area contributed by atoms with Crippen molar-refractivity contribution in [3.63, 3.8) is 0 Å². The summed E-state index contributed by atoms with van der Waals surface area (Å²) < 4.78 is 11.2. The third-order valence-electron chi connectivity index (χ3n) is 2.75. The zero-order valence-electron chi connectivity index (χ0n) is 11.0. The highest BCUT2D eigenvalue weighted by atomic mass is 35.5. The molecule has 0 aromatic heterocycles. The summed E-state index contributed by atoms with van der Waals surface area (Å²) in [4.78, 5) is 0. The predicted octanol–water partition coefficient (Wildman–Crippen LogP) is 4.17. The van der Waals surface area contributed by atoms with Crippen LogP contribution in [0.3, 0.4) is 0 Å². The fraction of sp³-hybridized carbons (Fsp3) is 0.571. The van der Waals surface area contributed by atoms with Gasteiger partial charge in [-0.25, -0.2) is 0 Å². The minimum absolute atomic E-state index is 0.167. The van der Waals surface area contributed by atoms with E-state index in [1.165, 1.54) is 0 Å². The number of hydrogen-bond acceptors (Lipinski definition) is 2. The van der Waals surface area contributed by atoms with Crippen molar-refractivity contribution in [3.8, 4) is 5.75 Å². The summed E-state index contributed by atoms with van der Waals surface area (Å²) in [5.74, 6) is 0.821. The largest absolute Gasteiger partial charge is 0.491 e. The molecular weight excluding hydrogens is 236 g/mol. The summed E-state index contributed by atoms with van der Waals surface area (Å²) in [5.41, 5.74) is 0.167. The van der Waals surface area contributed by atoms with Crippen molar-refractivity contribution in [1.82, 2.24) is 0 Å². The first kappa shape index (κ1) is 14.3. The third-order valence-corrected chi connectivity index (χ3v) is 3.01. The van der Waals surface area contributed by atoms with Crippen molar-refractivity contribution in [2.45, 2.75) is 33.8 Å². The third kappa shape index (κ3) is 5.42. The van der Waals surface area contributed by atoms with Crippen molar-refractivity contribution in [2.75, 3.05) is 13.2 Å². The van der Waals surface area contributed by atoms with E-state index in [-0.39, 0.29) is 11.5 Å². The van der Waals surface area contributed by atoms with Crippen LogP contribution >= 0.6 is 11.6 Å². The van der Waals surface area contributed by atoms with Crippen LogP contribution < -0.4 is 4.74 Å². The molecule has 1 unspecified atom stereocenters. The van der Waals surface area contributed by atoms with Crippen LogP contribution in [0.25, 0.3) is 0 Å². The first-order valence-corrected chi connectivity index (χ1v) is 6.27. The second kappa shape index (κ2) is 6.27. The molecule has 3 heteroatoms. The van der Waals surface area contributed by atoms with Gasteiger partial charge in [-0.15, -0.1) is 0 Å². The Labute approximate surface area is 109 Å². The highest BCUT2D eigenvalue weighted by Crippen LogP contribution is 2.21. The quantitative estimate of drug-likeness (QED) is 0.736. The lowest BCUT2D eigenvalue weighted by Crippen LogP contribution is -2.27. The minimum Gasteiger partial charge on any atom is -0.491 e. The first-order chi connectivity index (χ1) is 7.89. The molecule has 0 heterocycles. The van der Waals surface area contributed by atoms with E-state index in [1.54, 1.807) is 0 Å². The lowest BCUT2D eigenvalue weighted by Gasteiger charge is -2.27. The molecule has 2 nitrogen and oxygen atoms in total. The van der Waals surface area contributed by atoms with Crippen LogP contribution in [0.15, 0.2) is 24.3 Å². The smallest absolute Gasteiger partial charge is 0.119 e. The van der Waals surface area contributed by atoms with Gasteiger partial charge < -0.3 is 9.47 Å². The van der Waals surface area contributed by atoms with Crippen LogP contribution in [0.4, 0.5) is 0 Å². The van der Waals surface area contributed by atoms with Crippen molar-refractivity contribution in [2.24, 2.45) is 5.41 Å². The molecule has 1 aromatic carbocycles. The zero-order chi connectivity index (χ0) is 12.9. The van der Waals surface area contributed by atoms with Gasteiger partial charge in [-0.05, 0) is 36.6 Å². The molecule has 1 aromatic rings. The lowest BCUT2D eigenvalue weighted by molar-refractivity contribution is -0.0164. The zero-order valence-corrected chi connectivity index (χ0v) is 11.8. The Hall–Kier alpha value is -0.730. The molecular formula is C14H21ClO2. The highest BCUT2D eigenvalue weighted by molar-refractivity contribution is 6.30. The molecule has 0 radical (unpaired) electrons. The molecule has 0 saturated heterocycles. The van der Waals surface area contributed by atoms with Crippen LogP contribution in [0.1, 0.15) is 27.7 Å². The Morgan fingerprint density at radius 1 is 1.12 bits per heavy atom. The van der Waals surface area contributed by atoms with E-state index in [9.17, 15) is 0 Å². The van der Waals surface area contributed by atoms with Crippen LogP contribution in [0.2, 0.25) is 5.02 Å².